The Morgan fingerprint density at radius 3 is 1.29 bits per heavy atom. The molecule has 2 nitrogen and oxygen atoms in total. The number of hydrogen-bond acceptors (Lipinski definition) is 2. The Labute approximate surface area is 128 Å². The molecule has 0 heterocycles. The lowest BCUT2D eigenvalue weighted by Gasteiger charge is -2.17. The lowest BCUT2D eigenvalue weighted by atomic mass is 9.89. The van der Waals surface area contributed by atoms with E-state index in [1.165, 1.54) is 33.4 Å². The SMILES string of the molecule is Cc1cc(Cc2cc(C)c(N)c(C)c2C)c(C)c(C)c1N. The normalized spacial score (nSPS) is 11.0. The van der Waals surface area contributed by atoms with E-state index in [0.717, 1.165) is 28.9 Å². The minimum atomic E-state index is 0.914. The summed E-state index contributed by atoms with van der Waals surface area (Å²) >= 11 is 0. The van der Waals surface area contributed by atoms with Gasteiger partial charge in [-0.2, -0.15) is 0 Å². The topological polar surface area (TPSA) is 52.0 Å². The van der Waals surface area contributed by atoms with Gasteiger partial charge in [-0.3, -0.25) is 0 Å². The van der Waals surface area contributed by atoms with Gasteiger partial charge < -0.3 is 11.5 Å². The van der Waals surface area contributed by atoms with Crippen LogP contribution in [0.4, 0.5) is 11.4 Å². The molecule has 0 saturated carbocycles. The molecule has 0 aromatic heterocycles. The molecule has 0 unspecified atom stereocenters. The largest absolute Gasteiger partial charge is 0.398 e. The molecule has 0 bridgehead atoms. The first kappa shape index (κ1) is 15.4. The zero-order valence-corrected chi connectivity index (χ0v) is 14.0. The first-order valence-electron chi connectivity index (χ1n) is 7.44. The Hall–Kier alpha value is -1.96. The molecule has 4 N–H and O–H groups in total. The third kappa shape index (κ3) is 2.63. The molecule has 0 saturated heterocycles. The van der Waals surface area contributed by atoms with Crippen LogP contribution in [0.3, 0.4) is 0 Å². The third-order valence-corrected chi connectivity index (χ3v) is 4.91. The maximum atomic E-state index is 6.13. The molecule has 0 aliphatic carbocycles. The Balaban J connectivity index is 2.54. The van der Waals surface area contributed by atoms with Crippen LogP contribution in [0.1, 0.15) is 44.5 Å². The van der Waals surface area contributed by atoms with Gasteiger partial charge in [-0.1, -0.05) is 12.1 Å². The molecule has 0 amide bonds. The van der Waals surface area contributed by atoms with E-state index in [1.807, 2.05) is 0 Å². The second-order valence-electron chi connectivity index (χ2n) is 6.21. The van der Waals surface area contributed by atoms with Crippen LogP contribution in [0.5, 0.6) is 0 Å². The van der Waals surface area contributed by atoms with E-state index in [2.05, 4.69) is 53.7 Å². The van der Waals surface area contributed by atoms with E-state index in [-0.39, 0.29) is 0 Å². The Morgan fingerprint density at radius 2 is 0.952 bits per heavy atom. The van der Waals surface area contributed by atoms with Crippen LogP contribution in [0.25, 0.3) is 0 Å². The molecule has 0 spiro atoms. The summed E-state index contributed by atoms with van der Waals surface area (Å²) in [6, 6.07) is 4.44. The second-order valence-corrected chi connectivity index (χ2v) is 6.21. The fourth-order valence-electron chi connectivity index (χ4n) is 2.94. The van der Waals surface area contributed by atoms with Gasteiger partial charge in [-0.05, 0) is 92.5 Å². The van der Waals surface area contributed by atoms with Crippen LogP contribution in [-0.4, -0.2) is 0 Å². The molecule has 0 atom stereocenters. The standard InChI is InChI=1S/C19H26N2/c1-10-7-16(12(3)14(5)18(10)20)9-17-8-11(2)19(21)15(6)13(17)4/h7-8H,9,20-21H2,1-6H3. The van der Waals surface area contributed by atoms with E-state index in [1.54, 1.807) is 0 Å². The minimum Gasteiger partial charge on any atom is -0.398 e. The maximum absolute atomic E-state index is 6.13. The number of aryl methyl sites for hydroxylation is 2. The maximum Gasteiger partial charge on any atom is 0.0376 e. The fraction of sp³-hybridized carbons (Fsp3) is 0.368. The van der Waals surface area contributed by atoms with Crippen molar-refractivity contribution in [3.63, 3.8) is 0 Å². The highest BCUT2D eigenvalue weighted by Crippen LogP contribution is 2.29. The van der Waals surface area contributed by atoms with Crippen LogP contribution in [0, 0.1) is 41.5 Å². The predicted octanol–water partition coefficient (Wildman–Crippen LogP) is 4.29. The molecule has 0 aliphatic rings. The molecule has 112 valence electrons. The first-order valence-corrected chi connectivity index (χ1v) is 7.44. The van der Waals surface area contributed by atoms with Crippen LogP contribution < -0.4 is 11.5 Å². The summed E-state index contributed by atoms with van der Waals surface area (Å²) in [6.45, 7) is 12.7. The Morgan fingerprint density at radius 1 is 0.619 bits per heavy atom. The highest BCUT2D eigenvalue weighted by atomic mass is 14.6. The van der Waals surface area contributed by atoms with E-state index < -0.39 is 0 Å². The number of nitrogens with two attached hydrogens (primary N) is 2. The molecule has 0 aliphatic heterocycles. The van der Waals surface area contributed by atoms with Crippen molar-refractivity contribution in [2.24, 2.45) is 0 Å². The number of anilines is 2. The Bertz CT molecular complexity index is 651. The summed E-state index contributed by atoms with van der Waals surface area (Å²) in [5, 5.41) is 0. The van der Waals surface area contributed by atoms with Gasteiger partial charge >= 0.3 is 0 Å². The second kappa shape index (κ2) is 5.44. The van der Waals surface area contributed by atoms with Crippen molar-refractivity contribution in [3.8, 4) is 0 Å². The Kier molecular flexibility index (Phi) is 3.99. The van der Waals surface area contributed by atoms with Gasteiger partial charge in [-0.25, -0.2) is 0 Å². The van der Waals surface area contributed by atoms with Gasteiger partial charge in [0.2, 0.25) is 0 Å². The molecule has 2 rings (SSSR count). The lowest BCUT2D eigenvalue weighted by Crippen LogP contribution is -2.05. The predicted molar refractivity (Wildman–Crippen MR) is 92.9 cm³/mol. The van der Waals surface area contributed by atoms with Gasteiger partial charge in [-0.15, -0.1) is 0 Å². The average Bonchev–Trinajstić information content (AvgIpc) is 2.45. The minimum absolute atomic E-state index is 0.914. The van der Waals surface area contributed by atoms with Crippen molar-refractivity contribution in [2.75, 3.05) is 11.5 Å². The van der Waals surface area contributed by atoms with Crippen molar-refractivity contribution in [1.29, 1.82) is 0 Å². The highest BCUT2D eigenvalue weighted by Gasteiger charge is 2.12. The molecule has 2 aromatic rings. The van der Waals surface area contributed by atoms with Crippen molar-refractivity contribution < 1.29 is 0 Å². The van der Waals surface area contributed by atoms with Crippen molar-refractivity contribution >= 4 is 11.4 Å². The first-order chi connectivity index (χ1) is 9.73. The van der Waals surface area contributed by atoms with Crippen molar-refractivity contribution in [3.05, 3.63) is 56.6 Å². The zero-order valence-electron chi connectivity index (χ0n) is 14.0. The molecular weight excluding hydrogens is 256 g/mol. The molecule has 21 heavy (non-hydrogen) atoms. The summed E-state index contributed by atoms with van der Waals surface area (Å²) in [4.78, 5) is 0. The average molecular weight is 282 g/mol. The number of hydrogen-bond donors (Lipinski definition) is 2. The van der Waals surface area contributed by atoms with Gasteiger partial charge in [0.25, 0.3) is 0 Å². The molecule has 2 heteroatoms. The molecule has 0 radical (unpaired) electrons. The summed E-state index contributed by atoms with van der Waals surface area (Å²) in [5.74, 6) is 0. The van der Waals surface area contributed by atoms with Crippen molar-refractivity contribution in [1.82, 2.24) is 0 Å². The van der Waals surface area contributed by atoms with Crippen LogP contribution in [0.2, 0.25) is 0 Å². The van der Waals surface area contributed by atoms with Crippen molar-refractivity contribution in [2.45, 2.75) is 48.0 Å². The van der Waals surface area contributed by atoms with E-state index in [4.69, 9.17) is 11.5 Å². The highest BCUT2D eigenvalue weighted by molar-refractivity contribution is 5.61. The fourth-order valence-corrected chi connectivity index (χ4v) is 2.94. The van der Waals surface area contributed by atoms with Crippen LogP contribution >= 0.6 is 0 Å². The summed E-state index contributed by atoms with van der Waals surface area (Å²) in [7, 11) is 0. The van der Waals surface area contributed by atoms with Crippen LogP contribution in [-0.2, 0) is 6.42 Å². The van der Waals surface area contributed by atoms with Gasteiger partial charge in [0.1, 0.15) is 0 Å². The molecule has 0 fully saturated rings. The van der Waals surface area contributed by atoms with E-state index in [0.29, 0.717) is 0 Å². The summed E-state index contributed by atoms with van der Waals surface area (Å²) in [6.07, 6.45) is 0.932. The number of benzene rings is 2. The van der Waals surface area contributed by atoms with E-state index >= 15 is 0 Å². The zero-order chi connectivity index (χ0) is 15.9. The summed E-state index contributed by atoms with van der Waals surface area (Å²) < 4.78 is 0. The van der Waals surface area contributed by atoms with Gasteiger partial charge in [0.15, 0.2) is 0 Å². The molecule has 2 aromatic carbocycles. The smallest absolute Gasteiger partial charge is 0.0376 e. The quantitative estimate of drug-likeness (QED) is 0.807. The monoisotopic (exact) mass is 282 g/mol. The summed E-state index contributed by atoms with van der Waals surface area (Å²) in [5.41, 5.74) is 24.1. The van der Waals surface area contributed by atoms with Gasteiger partial charge in [0, 0.05) is 11.4 Å². The van der Waals surface area contributed by atoms with Crippen LogP contribution in [0.15, 0.2) is 12.1 Å². The third-order valence-electron chi connectivity index (χ3n) is 4.91. The van der Waals surface area contributed by atoms with E-state index in [9.17, 15) is 0 Å². The number of nitrogen functional groups attached to an aromatic ring is 2. The lowest BCUT2D eigenvalue weighted by molar-refractivity contribution is 1.09. The number of rotatable bonds is 2. The molecular formula is C19H26N2. The van der Waals surface area contributed by atoms with Gasteiger partial charge in [0.05, 0.1) is 0 Å².